The van der Waals surface area contributed by atoms with Crippen LogP contribution in [0.25, 0.3) is 11.1 Å². The van der Waals surface area contributed by atoms with E-state index in [9.17, 15) is 4.79 Å². The van der Waals surface area contributed by atoms with Crippen molar-refractivity contribution in [2.75, 3.05) is 31.6 Å². The lowest BCUT2D eigenvalue weighted by molar-refractivity contribution is -0.115. The molecular formula is C19H18Cl2N2O2. The highest BCUT2D eigenvalue weighted by atomic mass is 35.5. The Morgan fingerprint density at radius 2 is 1.92 bits per heavy atom. The minimum Gasteiger partial charge on any atom is -0.379 e. The maximum absolute atomic E-state index is 11.6. The fourth-order valence-corrected chi connectivity index (χ4v) is 4.02. The van der Waals surface area contributed by atoms with Gasteiger partial charge in [-0.3, -0.25) is 9.69 Å². The molecule has 0 bridgehead atoms. The summed E-state index contributed by atoms with van der Waals surface area (Å²) in [6.45, 7) is 4.09. The van der Waals surface area contributed by atoms with E-state index in [1.807, 2.05) is 30.3 Å². The highest BCUT2D eigenvalue weighted by Gasteiger charge is 2.21. The number of morpholine rings is 1. The van der Waals surface area contributed by atoms with Crippen LogP contribution >= 0.6 is 23.2 Å². The summed E-state index contributed by atoms with van der Waals surface area (Å²) in [5, 5.41) is 4.14. The predicted octanol–water partition coefficient (Wildman–Crippen LogP) is 3.99. The van der Waals surface area contributed by atoms with Crippen LogP contribution in [0.15, 0.2) is 30.3 Å². The van der Waals surface area contributed by atoms with Gasteiger partial charge in [-0.1, -0.05) is 35.3 Å². The Bertz CT molecular complexity index is 832. The van der Waals surface area contributed by atoms with Gasteiger partial charge in [0.05, 0.1) is 24.7 Å². The summed E-state index contributed by atoms with van der Waals surface area (Å²) in [7, 11) is 0. The van der Waals surface area contributed by atoms with E-state index in [2.05, 4.69) is 10.2 Å². The molecule has 0 atom stereocenters. The van der Waals surface area contributed by atoms with Gasteiger partial charge in [-0.25, -0.2) is 0 Å². The minimum atomic E-state index is 0.0189. The summed E-state index contributed by atoms with van der Waals surface area (Å²) in [4.78, 5) is 13.9. The quantitative estimate of drug-likeness (QED) is 0.880. The normalized spacial score (nSPS) is 17.4. The second-order valence-electron chi connectivity index (χ2n) is 6.38. The first-order valence-electron chi connectivity index (χ1n) is 8.32. The molecule has 0 radical (unpaired) electrons. The number of hydrogen-bond donors (Lipinski definition) is 1. The Balaban J connectivity index is 1.68. The van der Waals surface area contributed by atoms with Crippen LogP contribution in [-0.2, 0) is 22.5 Å². The van der Waals surface area contributed by atoms with E-state index >= 15 is 0 Å². The monoisotopic (exact) mass is 376 g/mol. The van der Waals surface area contributed by atoms with E-state index in [1.165, 1.54) is 0 Å². The first-order chi connectivity index (χ1) is 12.1. The molecule has 1 N–H and O–H groups in total. The van der Waals surface area contributed by atoms with Crippen molar-refractivity contribution in [3.8, 4) is 11.1 Å². The van der Waals surface area contributed by atoms with E-state index < -0.39 is 0 Å². The number of hydrogen-bond acceptors (Lipinski definition) is 3. The fourth-order valence-electron chi connectivity index (χ4n) is 3.37. The smallest absolute Gasteiger partial charge is 0.228 e. The lowest BCUT2D eigenvalue weighted by Gasteiger charge is -2.27. The standard InChI is InChI=1S/C19H18Cl2N2O2/c20-15-3-1-13(11-23-5-7-25-8-6-23)19(21)18(15)12-2-4-16-14(9-12)10-17(24)22-16/h1-4,9H,5-8,10-11H2,(H,22,24). The number of anilines is 1. The van der Waals surface area contributed by atoms with Crippen LogP contribution in [0.4, 0.5) is 5.69 Å². The lowest BCUT2D eigenvalue weighted by Crippen LogP contribution is -2.35. The van der Waals surface area contributed by atoms with E-state index in [0.717, 1.165) is 60.8 Å². The molecule has 4 rings (SSSR count). The van der Waals surface area contributed by atoms with Crippen LogP contribution in [0.1, 0.15) is 11.1 Å². The number of ether oxygens (including phenoxy) is 1. The molecular weight excluding hydrogens is 359 g/mol. The Labute approximate surface area is 156 Å². The molecule has 1 fully saturated rings. The van der Waals surface area contributed by atoms with Gasteiger partial charge in [-0.05, 0) is 34.9 Å². The van der Waals surface area contributed by atoms with E-state index in [1.54, 1.807) is 0 Å². The second kappa shape index (κ2) is 6.96. The van der Waals surface area contributed by atoms with Gasteiger partial charge < -0.3 is 10.1 Å². The summed E-state index contributed by atoms with van der Waals surface area (Å²) in [6, 6.07) is 9.75. The van der Waals surface area contributed by atoms with Crippen LogP contribution in [0.5, 0.6) is 0 Å². The third-order valence-corrected chi connectivity index (χ3v) is 5.43. The van der Waals surface area contributed by atoms with Crippen molar-refractivity contribution in [3.63, 3.8) is 0 Å². The van der Waals surface area contributed by atoms with Gasteiger partial charge in [0.25, 0.3) is 0 Å². The van der Waals surface area contributed by atoms with Crippen LogP contribution in [0, 0.1) is 0 Å². The third-order valence-electron chi connectivity index (χ3n) is 4.69. The summed E-state index contributed by atoms with van der Waals surface area (Å²) < 4.78 is 5.40. The predicted molar refractivity (Wildman–Crippen MR) is 100 cm³/mol. The average Bonchev–Trinajstić information content (AvgIpc) is 2.98. The maximum atomic E-state index is 11.6. The van der Waals surface area contributed by atoms with E-state index in [4.69, 9.17) is 27.9 Å². The molecule has 1 saturated heterocycles. The van der Waals surface area contributed by atoms with Gasteiger partial charge in [0.2, 0.25) is 5.91 Å². The summed E-state index contributed by atoms with van der Waals surface area (Å²) >= 11 is 13.2. The van der Waals surface area contributed by atoms with E-state index in [0.29, 0.717) is 16.5 Å². The number of nitrogens with zero attached hydrogens (tertiary/aromatic N) is 1. The summed E-state index contributed by atoms with van der Waals surface area (Å²) in [6.07, 6.45) is 0.395. The Kier molecular flexibility index (Phi) is 4.69. The number of fused-ring (bicyclic) bond motifs is 1. The minimum absolute atomic E-state index is 0.0189. The average molecular weight is 377 g/mol. The highest BCUT2D eigenvalue weighted by molar-refractivity contribution is 6.39. The molecule has 6 heteroatoms. The molecule has 0 spiro atoms. The van der Waals surface area contributed by atoms with Crippen molar-refractivity contribution in [1.29, 1.82) is 0 Å². The van der Waals surface area contributed by atoms with E-state index in [-0.39, 0.29) is 5.91 Å². The van der Waals surface area contributed by atoms with Gasteiger partial charge in [-0.2, -0.15) is 0 Å². The Morgan fingerprint density at radius 1 is 1.12 bits per heavy atom. The number of halogens is 2. The molecule has 0 saturated carbocycles. The van der Waals surface area contributed by atoms with Crippen LogP contribution in [-0.4, -0.2) is 37.1 Å². The largest absolute Gasteiger partial charge is 0.379 e. The zero-order valence-electron chi connectivity index (χ0n) is 13.6. The summed E-state index contributed by atoms with van der Waals surface area (Å²) in [5.74, 6) is 0.0189. The molecule has 0 aliphatic carbocycles. The first-order valence-corrected chi connectivity index (χ1v) is 9.07. The van der Waals surface area contributed by atoms with Crippen LogP contribution < -0.4 is 5.32 Å². The molecule has 130 valence electrons. The lowest BCUT2D eigenvalue weighted by atomic mass is 9.99. The van der Waals surface area contributed by atoms with Crippen molar-refractivity contribution in [3.05, 3.63) is 51.5 Å². The zero-order chi connectivity index (χ0) is 17.4. The van der Waals surface area contributed by atoms with Gasteiger partial charge in [0.15, 0.2) is 0 Å². The molecule has 2 heterocycles. The second-order valence-corrected chi connectivity index (χ2v) is 7.17. The number of rotatable bonds is 3. The van der Waals surface area contributed by atoms with Crippen LogP contribution in [0.3, 0.4) is 0 Å². The van der Waals surface area contributed by atoms with Crippen molar-refractivity contribution >= 4 is 34.8 Å². The first kappa shape index (κ1) is 16.9. The molecule has 2 aromatic carbocycles. The number of amides is 1. The number of benzene rings is 2. The molecule has 0 unspecified atom stereocenters. The molecule has 2 aliphatic heterocycles. The highest BCUT2D eigenvalue weighted by Crippen LogP contribution is 2.39. The topological polar surface area (TPSA) is 41.6 Å². The fraction of sp³-hybridized carbons (Fsp3) is 0.316. The summed E-state index contributed by atoms with van der Waals surface area (Å²) in [5.41, 5.74) is 4.67. The number of nitrogens with one attached hydrogen (secondary N) is 1. The van der Waals surface area contributed by atoms with Gasteiger partial charge >= 0.3 is 0 Å². The molecule has 2 aliphatic rings. The SMILES string of the molecule is O=C1Cc2cc(-c3c(Cl)ccc(CN4CCOCC4)c3Cl)ccc2N1. The molecule has 0 aromatic heterocycles. The van der Waals surface area contributed by atoms with Gasteiger partial charge in [0, 0.05) is 35.9 Å². The number of carbonyl (C=O) groups is 1. The van der Waals surface area contributed by atoms with Crippen molar-refractivity contribution < 1.29 is 9.53 Å². The Hall–Kier alpha value is -1.59. The third kappa shape index (κ3) is 3.40. The van der Waals surface area contributed by atoms with Crippen molar-refractivity contribution in [2.45, 2.75) is 13.0 Å². The van der Waals surface area contributed by atoms with Gasteiger partial charge in [0.1, 0.15) is 0 Å². The maximum Gasteiger partial charge on any atom is 0.228 e. The van der Waals surface area contributed by atoms with Crippen molar-refractivity contribution in [1.82, 2.24) is 4.90 Å². The van der Waals surface area contributed by atoms with Crippen molar-refractivity contribution in [2.24, 2.45) is 0 Å². The molecule has 2 aromatic rings. The molecule has 1 amide bonds. The van der Waals surface area contributed by atoms with Crippen LogP contribution in [0.2, 0.25) is 10.0 Å². The molecule has 25 heavy (non-hydrogen) atoms. The van der Waals surface area contributed by atoms with Gasteiger partial charge in [-0.15, -0.1) is 0 Å². The number of carbonyl (C=O) groups excluding carboxylic acids is 1. The Morgan fingerprint density at radius 3 is 2.72 bits per heavy atom. The zero-order valence-corrected chi connectivity index (χ0v) is 15.2. The molecule has 4 nitrogen and oxygen atoms in total.